The summed E-state index contributed by atoms with van der Waals surface area (Å²) in [6.45, 7) is 6.76. The first-order valence-electron chi connectivity index (χ1n) is 7.13. The van der Waals surface area contributed by atoms with Gasteiger partial charge in [0.25, 0.3) is 0 Å². The van der Waals surface area contributed by atoms with E-state index in [1.807, 2.05) is 0 Å². The monoisotopic (exact) mass is 243 g/mol. The normalized spacial score (nSPS) is 16.4. The van der Waals surface area contributed by atoms with Gasteiger partial charge in [-0.2, -0.15) is 0 Å². The number of hydrogen-bond acceptors (Lipinski definition) is 1. The molecule has 0 unspecified atom stereocenters. The fourth-order valence-corrected chi connectivity index (χ4v) is 2.68. The lowest BCUT2D eigenvalue weighted by molar-refractivity contribution is 0.383. The van der Waals surface area contributed by atoms with Crippen molar-refractivity contribution in [3.63, 3.8) is 0 Å². The highest BCUT2D eigenvalue weighted by molar-refractivity contribution is 5.16. The molecule has 1 heteroatoms. The van der Waals surface area contributed by atoms with Crippen LogP contribution in [0.25, 0.3) is 0 Å². The molecule has 1 nitrogen and oxygen atoms in total. The average Bonchev–Trinajstić information content (AvgIpc) is 2.41. The Morgan fingerprint density at radius 3 is 2.56 bits per heavy atom. The number of hydrogen-bond donors (Lipinski definition) is 1. The molecular formula is C17H25N. The highest BCUT2D eigenvalue weighted by Gasteiger charge is 2.23. The third-order valence-corrected chi connectivity index (χ3v) is 3.90. The molecular weight excluding hydrogens is 218 g/mol. The summed E-state index contributed by atoms with van der Waals surface area (Å²) in [4.78, 5) is 0. The van der Waals surface area contributed by atoms with E-state index in [-0.39, 0.29) is 0 Å². The van der Waals surface area contributed by atoms with E-state index in [1.54, 1.807) is 5.57 Å². The van der Waals surface area contributed by atoms with Gasteiger partial charge in [-0.05, 0) is 36.7 Å². The molecule has 1 aromatic rings. The van der Waals surface area contributed by atoms with Gasteiger partial charge in [-0.3, -0.25) is 0 Å². The molecule has 0 aliphatic heterocycles. The van der Waals surface area contributed by atoms with E-state index in [0.29, 0.717) is 5.41 Å². The Bertz CT molecular complexity index is 389. The molecule has 1 aromatic carbocycles. The number of rotatable bonds is 5. The Morgan fingerprint density at radius 2 is 1.89 bits per heavy atom. The first-order valence-corrected chi connectivity index (χ1v) is 7.13. The lowest BCUT2D eigenvalue weighted by Gasteiger charge is -2.31. The van der Waals surface area contributed by atoms with Crippen LogP contribution in [0.3, 0.4) is 0 Å². The molecule has 0 saturated carbocycles. The Kier molecular flexibility index (Phi) is 4.60. The Morgan fingerprint density at radius 1 is 1.11 bits per heavy atom. The molecule has 1 aliphatic rings. The fraction of sp³-hybridized carbons (Fsp3) is 0.529. The van der Waals surface area contributed by atoms with E-state index < -0.39 is 0 Å². The summed E-state index contributed by atoms with van der Waals surface area (Å²) >= 11 is 0. The quantitative estimate of drug-likeness (QED) is 0.760. The second kappa shape index (κ2) is 6.19. The van der Waals surface area contributed by atoms with E-state index in [4.69, 9.17) is 0 Å². The predicted octanol–water partition coefficient (Wildman–Crippen LogP) is 4.30. The van der Waals surface area contributed by atoms with Crippen LogP contribution in [0.1, 0.15) is 45.1 Å². The van der Waals surface area contributed by atoms with Gasteiger partial charge in [0.15, 0.2) is 0 Å². The minimum Gasteiger partial charge on any atom is -0.312 e. The van der Waals surface area contributed by atoms with Crippen molar-refractivity contribution in [2.45, 2.75) is 46.1 Å². The zero-order valence-electron chi connectivity index (χ0n) is 11.7. The minimum atomic E-state index is 0.301. The second-order valence-corrected chi connectivity index (χ2v) is 5.95. The maximum Gasteiger partial charge on any atom is 0.0205 e. The molecule has 18 heavy (non-hydrogen) atoms. The molecule has 0 heterocycles. The van der Waals surface area contributed by atoms with E-state index in [9.17, 15) is 0 Å². The highest BCUT2D eigenvalue weighted by atomic mass is 14.9. The van der Waals surface area contributed by atoms with E-state index >= 15 is 0 Å². The molecule has 98 valence electrons. The zero-order chi connectivity index (χ0) is 12.8. The molecule has 0 amide bonds. The predicted molar refractivity (Wildman–Crippen MR) is 78.5 cm³/mol. The van der Waals surface area contributed by atoms with Crippen LogP contribution in [0.15, 0.2) is 42.0 Å². The van der Waals surface area contributed by atoms with Crippen molar-refractivity contribution in [3.05, 3.63) is 47.5 Å². The van der Waals surface area contributed by atoms with Crippen molar-refractivity contribution in [1.29, 1.82) is 0 Å². The summed E-state index contributed by atoms with van der Waals surface area (Å²) in [6, 6.07) is 10.6. The molecule has 0 saturated heterocycles. The van der Waals surface area contributed by atoms with Gasteiger partial charge in [-0.1, -0.05) is 55.8 Å². The maximum absolute atomic E-state index is 3.60. The van der Waals surface area contributed by atoms with Gasteiger partial charge in [0.05, 0.1) is 0 Å². The van der Waals surface area contributed by atoms with Crippen LogP contribution in [-0.2, 0) is 6.54 Å². The van der Waals surface area contributed by atoms with Crippen molar-refractivity contribution >= 4 is 0 Å². The highest BCUT2D eigenvalue weighted by Crippen LogP contribution is 2.33. The summed E-state index contributed by atoms with van der Waals surface area (Å²) in [6.07, 6.45) is 7.77. The lowest BCUT2D eigenvalue weighted by atomic mass is 9.78. The van der Waals surface area contributed by atoms with Crippen molar-refractivity contribution in [2.24, 2.45) is 5.41 Å². The lowest BCUT2D eigenvalue weighted by Crippen LogP contribution is -2.31. The summed E-state index contributed by atoms with van der Waals surface area (Å²) in [7, 11) is 0. The van der Waals surface area contributed by atoms with Gasteiger partial charge in [-0.25, -0.2) is 0 Å². The molecule has 1 aliphatic carbocycles. The molecule has 0 bridgehead atoms. The first-order chi connectivity index (χ1) is 8.68. The van der Waals surface area contributed by atoms with Gasteiger partial charge in [0.1, 0.15) is 0 Å². The standard InChI is InChI=1S/C17H25N/c1-17(2,16-11-7-4-8-12-16)14-18-13-15-9-5-3-6-10-15/h3,5-6,9-11,18H,4,7-8,12-14H2,1-2H3. The zero-order valence-corrected chi connectivity index (χ0v) is 11.7. The molecule has 2 rings (SSSR count). The van der Waals surface area contributed by atoms with E-state index in [1.165, 1.54) is 31.2 Å². The SMILES string of the molecule is CC(C)(CNCc1ccccc1)C1=CCCCC1. The second-order valence-electron chi connectivity index (χ2n) is 5.95. The van der Waals surface area contributed by atoms with E-state index in [0.717, 1.165) is 13.1 Å². The summed E-state index contributed by atoms with van der Waals surface area (Å²) in [5, 5.41) is 3.60. The summed E-state index contributed by atoms with van der Waals surface area (Å²) in [5.41, 5.74) is 3.31. The third kappa shape index (κ3) is 3.71. The van der Waals surface area contributed by atoms with Crippen LogP contribution in [0.5, 0.6) is 0 Å². The molecule has 0 radical (unpaired) electrons. The number of benzene rings is 1. The Hall–Kier alpha value is -1.08. The molecule has 1 N–H and O–H groups in total. The summed E-state index contributed by atoms with van der Waals surface area (Å²) < 4.78 is 0. The Labute approximate surface area is 111 Å². The molecule has 0 aromatic heterocycles. The maximum atomic E-state index is 3.60. The van der Waals surface area contributed by atoms with Crippen molar-refractivity contribution in [1.82, 2.24) is 5.32 Å². The van der Waals surface area contributed by atoms with Crippen LogP contribution in [0.4, 0.5) is 0 Å². The van der Waals surface area contributed by atoms with E-state index in [2.05, 4.69) is 55.6 Å². The van der Waals surface area contributed by atoms with Crippen molar-refractivity contribution in [3.8, 4) is 0 Å². The van der Waals surface area contributed by atoms with Crippen LogP contribution in [0.2, 0.25) is 0 Å². The van der Waals surface area contributed by atoms with Crippen LogP contribution >= 0.6 is 0 Å². The largest absolute Gasteiger partial charge is 0.312 e. The van der Waals surface area contributed by atoms with Crippen molar-refractivity contribution < 1.29 is 0 Å². The van der Waals surface area contributed by atoms with Gasteiger partial charge in [-0.15, -0.1) is 0 Å². The van der Waals surface area contributed by atoms with Crippen LogP contribution in [-0.4, -0.2) is 6.54 Å². The minimum absolute atomic E-state index is 0.301. The van der Waals surface area contributed by atoms with Gasteiger partial charge in [0, 0.05) is 13.1 Å². The third-order valence-electron chi connectivity index (χ3n) is 3.90. The van der Waals surface area contributed by atoms with Gasteiger partial charge in [0.2, 0.25) is 0 Å². The average molecular weight is 243 g/mol. The van der Waals surface area contributed by atoms with Crippen LogP contribution < -0.4 is 5.32 Å². The molecule has 0 fully saturated rings. The molecule has 0 spiro atoms. The fourth-order valence-electron chi connectivity index (χ4n) is 2.68. The van der Waals surface area contributed by atoms with Crippen LogP contribution in [0, 0.1) is 5.41 Å². The summed E-state index contributed by atoms with van der Waals surface area (Å²) in [5.74, 6) is 0. The number of allylic oxidation sites excluding steroid dienone is 1. The van der Waals surface area contributed by atoms with Gasteiger partial charge < -0.3 is 5.32 Å². The smallest absolute Gasteiger partial charge is 0.0205 e. The van der Waals surface area contributed by atoms with Gasteiger partial charge >= 0.3 is 0 Å². The number of nitrogens with one attached hydrogen (secondary N) is 1. The Balaban J connectivity index is 1.83. The topological polar surface area (TPSA) is 12.0 Å². The van der Waals surface area contributed by atoms with Crippen molar-refractivity contribution in [2.75, 3.05) is 6.54 Å². The molecule has 0 atom stereocenters. The first kappa shape index (κ1) is 13.4.